The van der Waals surface area contributed by atoms with Crippen LogP contribution in [0.2, 0.25) is 0 Å². The zero-order valence-corrected chi connectivity index (χ0v) is 7.06. The Kier molecular flexibility index (Phi) is 18.3. The zero-order chi connectivity index (χ0) is 8.95. The van der Waals surface area contributed by atoms with Crippen molar-refractivity contribution in [3.8, 4) is 0 Å². The lowest BCUT2D eigenvalue weighted by Gasteiger charge is -1.82. The molecule has 0 amide bonds. The van der Waals surface area contributed by atoms with Crippen molar-refractivity contribution >= 4 is 12.4 Å². The maximum Gasteiger partial charge on any atom is 0.0435 e. The van der Waals surface area contributed by atoms with Crippen LogP contribution in [0, 0.1) is 0 Å². The van der Waals surface area contributed by atoms with Crippen LogP contribution in [0.5, 0.6) is 0 Å². The molecule has 4 heteroatoms. The predicted octanol–water partition coefficient (Wildman–Crippen LogP) is 2.10. The highest BCUT2D eigenvalue weighted by atomic mass is 16.4. The fourth-order valence-corrected chi connectivity index (χ4v) is 0.353. The van der Waals surface area contributed by atoms with Crippen LogP contribution < -0.4 is 0 Å². The van der Waals surface area contributed by atoms with Crippen molar-refractivity contribution in [2.24, 2.45) is 10.3 Å². The molecule has 4 nitrogen and oxygen atoms in total. The number of hydrogen-bond donors (Lipinski definition) is 2. The highest BCUT2D eigenvalue weighted by Crippen LogP contribution is 1.88. The monoisotopic (exact) mass is 160 g/mol. The SMILES string of the molecule is C/C=N/O.CCCC/C=N/O. The van der Waals surface area contributed by atoms with Gasteiger partial charge in [0.1, 0.15) is 0 Å². The lowest BCUT2D eigenvalue weighted by molar-refractivity contribution is 0.320. The van der Waals surface area contributed by atoms with Crippen LogP contribution in [0.1, 0.15) is 33.1 Å². The average molecular weight is 160 g/mol. The van der Waals surface area contributed by atoms with Crippen molar-refractivity contribution in [2.75, 3.05) is 0 Å². The lowest BCUT2D eigenvalue weighted by Crippen LogP contribution is -1.72. The molecule has 0 aliphatic carbocycles. The summed E-state index contributed by atoms with van der Waals surface area (Å²) in [5, 5.41) is 20.8. The molecule has 66 valence electrons. The van der Waals surface area contributed by atoms with Gasteiger partial charge in [-0.05, 0) is 19.8 Å². The van der Waals surface area contributed by atoms with E-state index < -0.39 is 0 Å². The minimum absolute atomic E-state index is 0.896. The van der Waals surface area contributed by atoms with E-state index in [1.54, 1.807) is 6.92 Å². The highest BCUT2D eigenvalue weighted by Gasteiger charge is 1.75. The van der Waals surface area contributed by atoms with Crippen molar-refractivity contribution in [1.82, 2.24) is 0 Å². The zero-order valence-electron chi connectivity index (χ0n) is 7.06. The van der Waals surface area contributed by atoms with Gasteiger partial charge in [-0.3, -0.25) is 0 Å². The summed E-state index contributed by atoms with van der Waals surface area (Å²) in [6, 6.07) is 0. The molecule has 0 radical (unpaired) electrons. The largest absolute Gasteiger partial charge is 0.411 e. The van der Waals surface area contributed by atoms with Crippen molar-refractivity contribution in [2.45, 2.75) is 33.1 Å². The Bertz CT molecular complexity index is 98.6. The van der Waals surface area contributed by atoms with Gasteiger partial charge in [-0.15, -0.1) is 10.3 Å². The van der Waals surface area contributed by atoms with Crippen LogP contribution >= 0.6 is 0 Å². The van der Waals surface area contributed by atoms with E-state index in [0.717, 1.165) is 19.3 Å². The second-order valence-corrected chi connectivity index (χ2v) is 1.81. The molecular formula is C7H16N2O2. The average Bonchev–Trinajstić information content (AvgIpc) is 2.06. The molecule has 0 aliphatic heterocycles. The van der Waals surface area contributed by atoms with Crippen LogP contribution in [0.4, 0.5) is 0 Å². The first-order valence-electron chi connectivity index (χ1n) is 3.61. The van der Waals surface area contributed by atoms with Crippen LogP contribution in [0.3, 0.4) is 0 Å². The van der Waals surface area contributed by atoms with Gasteiger partial charge in [0.05, 0.1) is 0 Å². The number of rotatable bonds is 3. The summed E-state index contributed by atoms with van der Waals surface area (Å²) < 4.78 is 0. The Balaban J connectivity index is 0. The summed E-state index contributed by atoms with van der Waals surface area (Å²) in [6.45, 7) is 3.74. The Morgan fingerprint density at radius 1 is 1.27 bits per heavy atom. The standard InChI is InChI=1S/C5H11NO.C2H5NO/c1-2-3-4-5-6-7;1-2-3-4/h5,7H,2-4H2,1H3;2,4H,1H3/b6-5+;3-2+. The molecule has 0 atom stereocenters. The second kappa shape index (κ2) is 16.0. The van der Waals surface area contributed by atoms with Crippen LogP contribution in [0.15, 0.2) is 10.3 Å². The molecule has 0 saturated heterocycles. The number of hydrogen-bond acceptors (Lipinski definition) is 4. The molecule has 0 bridgehead atoms. The van der Waals surface area contributed by atoms with E-state index in [-0.39, 0.29) is 0 Å². The number of oxime groups is 2. The molecular weight excluding hydrogens is 144 g/mol. The second-order valence-electron chi connectivity index (χ2n) is 1.81. The third-order valence-corrected chi connectivity index (χ3v) is 0.884. The molecule has 0 heterocycles. The molecule has 0 rings (SSSR count). The molecule has 0 aromatic carbocycles. The first-order chi connectivity index (χ1) is 5.33. The molecule has 0 unspecified atom stereocenters. The van der Waals surface area contributed by atoms with Gasteiger partial charge in [0, 0.05) is 12.4 Å². The van der Waals surface area contributed by atoms with Crippen molar-refractivity contribution in [3.05, 3.63) is 0 Å². The summed E-state index contributed by atoms with van der Waals surface area (Å²) in [5.74, 6) is 0. The molecule has 0 spiro atoms. The van der Waals surface area contributed by atoms with E-state index >= 15 is 0 Å². The van der Waals surface area contributed by atoms with Gasteiger partial charge in [0.2, 0.25) is 0 Å². The Morgan fingerprint density at radius 2 is 1.82 bits per heavy atom. The molecule has 0 aromatic heterocycles. The van der Waals surface area contributed by atoms with E-state index in [0.29, 0.717) is 0 Å². The van der Waals surface area contributed by atoms with Crippen LogP contribution in [-0.4, -0.2) is 22.8 Å². The van der Waals surface area contributed by atoms with Gasteiger partial charge in [-0.1, -0.05) is 13.3 Å². The maximum atomic E-state index is 7.86. The molecule has 2 N–H and O–H groups in total. The summed E-state index contributed by atoms with van der Waals surface area (Å²) in [5.41, 5.74) is 0. The lowest BCUT2D eigenvalue weighted by atomic mass is 10.3. The Morgan fingerprint density at radius 3 is 2.09 bits per heavy atom. The van der Waals surface area contributed by atoms with Gasteiger partial charge in [0.15, 0.2) is 0 Å². The number of nitrogens with zero attached hydrogens (tertiary/aromatic N) is 2. The summed E-state index contributed by atoms with van der Waals surface area (Å²) in [7, 11) is 0. The Hall–Kier alpha value is -1.06. The van der Waals surface area contributed by atoms with Gasteiger partial charge < -0.3 is 10.4 Å². The van der Waals surface area contributed by atoms with E-state index in [1.807, 2.05) is 0 Å². The minimum Gasteiger partial charge on any atom is -0.411 e. The maximum absolute atomic E-state index is 7.86. The van der Waals surface area contributed by atoms with Gasteiger partial charge in [-0.2, -0.15) is 0 Å². The Labute approximate surface area is 67.2 Å². The van der Waals surface area contributed by atoms with E-state index in [9.17, 15) is 0 Å². The first kappa shape index (κ1) is 12.6. The topological polar surface area (TPSA) is 65.2 Å². The van der Waals surface area contributed by atoms with E-state index in [1.165, 1.54) is 12.4 Å². The van der Waals surface area contributed by atoms with Crippen molar-refractivity contribution in [1.29, 1.82) is 0 Å². The fourth-order valence-electron chi connectivity index (χ4n) is 0.353. The van der Waals surface area contributed by atoms with E-state index in [2.05, 4.69) is 17.2 Å². The van der Waals surface area contributed by atoms with Gasteiger partial charge >= 0.3 is 0 Å². The third kappa shape index (κ3) is 27.7. The van der Waals surface area contributed by atoms with Gasteiger partial charge in [-0.25, -0.2) is 0 Å². The third-order valence-electron chi connectivity index (χ3n) is 0.884. The quantitative estimate of drug-likeness (QED) is 0.287. The minimum atomic E-state index is 0.896. The fraction of sp³-hybridized carbons (Fsp3) is 0.714. The normalized spacial score (nSPS) is 10.0. The first-order valence-corrected chi connectivity index (χ1v) is 3.61. The van der Waals surface area contributed by atoms with E-state index in [4.69, 9.17) is 10.4 Å². The molecule has 11 heavy (non-hydrogen) atoms. The predicted molar refractivity (Wildman–Crippen MR) is 45.8 cm³/mol. The molecule has 0 fully saturated rings. The molecule has 0 saturated carbocycles. The van der Waals surface area contributed by atoms with Crippen LogP contribution in [-0.2, 0) is 0 Å². The smallest absolute Gasteiger partial charge is 0.0435 e. The summed E-state index contributed by atoms with van der Waals surface area (Å²) in [4.78, 5) is 0. The number of unbranched alkanes of at least 4 members (excludes halogenated alkanes) is 2. The molecule has 0 aliphatic rings. The van der Waals surface area contributed by atoms with Gasteiger partial charge in [0.25, 0.3) is 0 Å². The summed E-state index contributed by atoms with van der Waals surface area (Å²) in [6.07, 6.45) is 5.99. The van der Waals surface area contributed by atoms with Crippen LogP contribution in [0.25, 0.3) is 0 Å². The van der Waals surface area contributed by atoms with Crippen molar-refractivity contribution in [3.63, 3.8) is 0 Å². The highest BCUT2D eigenvalue weighted by molar-refractivity contribution is 5.55. The van der Waals surface area contributed by atoms with Crippen molar-refractivity contribution < 1.29 is 10.4 Å². The molecule has 0 aromatic rings. The summed E-state index contributed by atoms with van der Waals surface area (Å²) >= 11 is 0.